The van der Waals surface area contributed by atoms with Crippen LogP contribution in [0.2, 0.25) is 0 Å². The molecular formula is C12H17ClF3NO. The van der Waals surface area contributed by atoms with E-state index in [1.807, 2.05) is 0 Å². The van der Waals surface area contributed by atoms with Crippen molar-refractivity contribution in [1.29, 1.82) is 0 Å². The molecule has 2 nitrogen and oxygen atoms in total. The highest BCUT2D eigenvalue weighted by Crippen LogP contribution is 2.23. The van der Waals surface area contributed by atoms with Gasteiger partial charge in [-0.15, -0.1) is 12.4 Å². The third kappa shape index (κ3) is 4.15. The second-order valence-corrected chi connectivity index (χ2v) is 4.26. The highest BCUT2D eigenvalue weighted by atomic mass is 35.5. The summed E-state index contributed by atoms with van der Waals surface area (Å²) in [5.41, 5.74) is 3.57. The molecule has 1 aromatic carbocycles. The average molecular weight is 284 g/mol. The van der Waals surface area contributed by atoms with Gasteiger partial charge in [-0.2, -0.15) is 0 Å². The number of alkyl halides is 2. The van der Waals surface area contributed by atoms with Gasteiger partial charge in [-0.3, -0.25) is 0 Å². The minimum absolute atomic E-state index is 0. The zero-order valence-corrected chi connectivity index (χ0v) is 10.8. The Morgan fingerprint density at radius 1 is 1.33 bits per heavy atom. The van der Waals surface area contributed by atoms with Gasteiger partial charge in [-0.25, -0.2) is 13.2 Å². The van der Waals surface area contributed by atoms with E-state index >= 15 is 0 Å². The number of nitrogens with two attached hydrogens (primary N) is 1. The molecule has 0 fully saturated rings. The van der Waals surface area contributed by atoms with Crippen LogP contribution in [-0.4, -0.2) is 23.7 Å². The fourth-order valence-electron chi connectivity index (χ4n) is 1.58. The standard InChI is InChI=1S/C12H16F3NO.ClH/c1-12(17,11(14)15)7-9-4-2-3-8(5-6-16)10(9)13;/h2-4,11,17H,5-7,16H2,1H3;1H/t12-;/m0./s1. The lowest BCUT2D eigenvalue weighted by atomic mass is 9.94. The average Bonchev–Trinajstić information content (AvgIpc) is 2.24. The van der Waals surface area contributed by atoms with Crippen LogP contribution in [-0.2, 0) is 12.8 Å². The summed E-state index contributed by atoms with van der Waals surface area (Å²) in [6.45, 7) is 1.28. The monoisotopic (exact) mass is 283 g/mol. The highest BCUT2D eigenvalue weighted by molar-refractivity contribution is 5.85. The van der Waals surface area contributed by atoms with Crippen LogP contribution < -0.4 is 5.73 Å². The van der Waals surface area contributed by atoms with Crippen molar-refractivity contribution in [3.63, 3.8) is 0 Å². The summed E-state index contributed by atoms with van der Waals surface area (Å²) in [5.74, 6) is -0.557. The van der Waals surface area contributed by atoms with Gasteiger partial charge in [0.25, 0.3) is 6.43 Å². The molecule has 1 atom stereocenters. The van der Waals surface area contributed by atoms with E-state index in [1.165, 1.54) is 6.07 Å². The van der Waals surface area contributed by atoms with E-state index < -0.39 is 24.3 Å². The first kappa shape index (κ1) is 17.2. The molecular weight excluding hydrogens is 267 g/mol. The highest BCUT2D eigenvalue weighted by Gasteiger charge is 2.33. The van der Waals surface area contributed by atoms with E-state index in [9.17, 15) is 18.3 Å². The van der Waals surface area contributed by atoms with Crippen LogP contribution in [0.25, 0.3) is 0 Å². The quantitative estimate of drug-likeness (QED) is 0.871. The molecule has 6 heteroatoms. The Kier molecular flexibility index (Phi) is 6.67. The number of hydrogen-bond acceptors (Lipinski definition) is 2. The molecule has 104 valence electrons. The smallest absolute Gasteiger partial charge is 0.266 e. The predicted octanol–water partition coefficient (Wildman–Crippen LogP) is 2.31. The molecule has 0 saturated heterocycles. The minimum atomic E-state index is -2.92. The Bertz CT molecular complexity index is 386. The Hall–Kier alpha value is -0.780. The van der Waals surface area contributed by atoms with E-state index in [1.54, 1.807) is 12.1 Å². The van der Waals surface area contributed by atoms with Crippen molar-refractivity contribution in [2.75, 3.05) is 6.54 Å². The van der Waals surface area contributed by atoms with Crippen molar-refractivity contribution in [3.8, 4) is 0 Å². The van der Waals surface area contributed by atoms with Crippen molar-refractivity contribution < 1.29 is 18.3 Å². The molecule has 0 heterocycles. The Morgan fingerprint density at radius 2 is 1.89 bits per heavy atom. The molecule has 18 heavy (non-hydrogen) atoms. The first-order valence-electron chi connectivity index (χ1n) is 5.35. The normalized spacial score (nSPS) is 14.2. The van der Waals surface area contributed by atoms with Crippen molar-refractivity contribution in [3.05, 3.63) is 35.1 Å². The van der Waals surface area contributed by atoms with E-state index in [-0.39, 0.29) is 24.5 Å². The fraction of sp³-hybridized carbons (Fsp3) is 0.500. The van der Waals surface area contributed by atoms with Crippen LogP contribution in [0.4, 0.5) is 13.2 Å². The summed E-state index contributed by atoms with van der Waals surface area (Å²) in [6, 6.07) is 4.53. The topological polar surface area (TPSA) is 46.2 Å². The van der Waals surface area contributed by atoms with Crippen molar-refractivity contribution >= 4 is 12.4 Å². The molecule has 0 aromatic heterocycles. The van der Waals surface area contributed by atoms with Gasteiger partial charge in [0.1, 0.15) is 11.4 Å². The van der Waals surface area contributed by atoms with Gasteiger partial charge in [0.2, 0.25) is 0 Å². The summed E-state index contributed by atoms with van der Waals surface area (Å²) in [7, 11) is 0. The summed E-state index contributed by atoms with van der Waals surface area (Å²) in [5, 5.41) is 9.45. The van der Waals surface area contributed by atoms with Crippen LogP contribution in [0.1, 0.15) is 18.1 Å². The minimum Gasteiger partial charge on any atom is -0.384 e. The van der Waals surface area contributed by atoms with Gasteiger partial charge in [-0.05, 0) is 31.0 Å². The molecule has 0 radical (unpaired) electrons. The van der Waals surface area contributed by atoms with Crippen molar-refractivity contribution in [2.45, 2.75) is 31.8 Å². The molecule has 0 aliphatic heterocycles. The van der Waals surface area contributed by atoms with Crippen LogP contribution >= 0.6 is 12.4 Å². The molecule has 1 rings (SSSR count). The first-order valence-corrected chi connectivity index (χ1v) is 5.35. The maximum absolute atomic E-state index is 13.8. The number of hydrogen-bond donors (Lipinski definition) is 2. The number of rotatable bonds is 5. The lowest BCUT2D eigenvalue weighted by molar-refractivity contribution is -0.0825. The Morgan fingerprint density at radius 3 is 2.39 bits per heavy atom. The van der Waals surface area contributed by atoms with Gasteiger partial charge in [0.15, 0.2) is 0 Å². The molecule has 0 aliphatic rings. The van der Waals surface area contributed by atoms with E-state index in [0.717, 1.165) is 6.92 Å². The maximum Gasteiger partial charge on any atom is 0.266 e. The van der Waals surface area contributed by atoms with Gasteiger partial charge in [0, 0.05) is 6.42 Å². The lowest BCUT2D eigenvalue weighted by Gasteiger charge is -2.22. The van der Waals surface area contributed by atoms with Gasteiger partial charge < -0.3 is 10.8 Å². The Labute approximate surface area is 110 Å². The second-order valence-electron chi connectivity index (χ2n) is 4.26. The van der Waals surface area contributed by atoms with Crippen LogP contribution in [0.5, 0.6) is 0 Å². The second kappa shape index (κ2) is 6.97. The zero-order valence-electron chi connectivity index (χ0n) is 10.00. The van der Waals surface area contributed by atoms with Crippen molar-refractivity contribution in [1.82, 2.24) is 0 Å². The predicted molar refractivity (Wildman–Crippen MR) is 66.7 cm³/mol. The number of benzene rings is 1. The largest absolute Gasteiger partial charge is 0.384 e. The fourth-order valence-corrected chi connectivity index (χ4v) is 1.58. The summed E-state index contributed by atoms with van der Waals surface area (Å²) < 4.78 is 38.8. The third-order valence-electron chi connectivity index (χ3n) is 2.59. The van der Waals surface area contributed by atoms with Crippen molar-refractivity contribution in [2.24, 2.45) is 5.73 Å². The summed E-state index contributed by atoms with van der Waals surface area (Å²) in [6.07, 6.45) is -2.99. The van der Waals surface area contributed by atoms with E-state index in [4.69, 9.17) is 5.73 Å². The van der Waals surface area contributed by atoms with Gasteiger partial charge >= 0.3 is 0 Å². The van der Waals surface area contributed by atoms with E-state index in [2.05, 4.69) is 0 Å². The SMILES string of the molecule is C[C@](O)(Cc1cccc(CCN)c1F)C(F)F.Cl. The molecule has 0 spiro atoms. The summed E-state index contributed by atoms with van der Waals surface area (Å²) in [4.78, 5) is 0. The van der Waals surface area contributed by atoms with Gasteiger partial charge in [0.05, 0.1) is 0 Å². The van der Waals surface area contributed by atoms with E-state index in [0.29, 0.717) is 12.0 Å². The molecule has 0 amide bonds. The third-order valence-corrected chi connectivity index (χ3v) is 2.59. The number of halogens is 4. The molecule has 0 unspecified atom stereocenters. The molecule has 1 aromatic rings. The zero-order chi connectivity index (χ0) is 13.1. The molecule has 3 N–H and O–H groups in total. The van der Waals surface area contributed by atoms with Crippen LogP contribution in [0.3, 0.4) is 0 Å². The number of aliphatic hydroxyl groups is 1. The Balaban J connectivity index is 0.00000289. The van der Waals surface area contributed by atoms with Crippen LogP contribution in [0, 0.1) is 5.82 Å². The summed E-state index contributed by atoms with van der Waals surface area (Å²) >= 11 is 0. The molecule has 0 bridgehead atoms. The first-order chi connectivity index (χ1) is 7.88. The van der Waals surface area contributed by atoms with Gasteiger partial charge in [-0.1, -0.05) is 18.2 Å². The maximum atomic E-state index is 13.8. The lowest BCUT2D eigenvalue weighted by Crippen LogP contribution is -2.36. The molecule has 0 saturated carbocycles. The molecule has 0 aliphatic carbocycles. The van der Waals surface area contributed by atoms with Crippen LogP contribution in [0.15, 0.2) is 18.2 Å².